The second-order valence-electron chi connectivity index (χ2n) is 6.01. The number of carbonyl (C=O) groups excluding carboxylic acids is 3. The van der Waals surface area contributed by atoms with E-state index in [1.807, 2.05) is 6.92 Å². The summed E-state index contributed by atoms with van der Waals surface area (Å²) in [6.07, 6.45) is -0.196. The molecule has 0 bridgehead atoms. The van der Waals surface area contributed by atoms with E-state index < -0.39 is 23.8 Å². The number of imide groups is 1. The highest BCUT2D eigenvalue weighted by molar-refractivity contribution is 7.14. The number of methoxy groups -OCH3 is 2. The summed E-state index contributed by atoms with van der Waals surface area (Å²) in [6.45, 7) is 2.29. The maximum atomic E-state index is 12.9. The van der Waals surface area contributed by atoms with Crippen LogP contribution in [0.25, 0.3) is 0 Å². The summed E-state index contributed by atoms with van der Waals surface area (Å²) < 4.78 is 15.6. The smallest absolute Gasteiger partial charge is 0.307 e. The third-order valence-corrected chi connectivity index (χ3v) is 5.28. The van der Waals surface area contributed by atoms with Gasteiger partial charge in [0, 0.05) is 5.38 Å². The lowest BCUT2D eigenvalue weighted by Gasteiger charge is -2.26. The number of hydrogen-bond donors (Lipinski definition) is 1. The molecule has 0 saturated heterocycles. The quantitative estimate of drug-likeness (QED) is 0.558. The molecule has 0 fully saturated rings. The normalized spacial score (nSPS) is 14.0. The van der Waals surface area contributed by atoms with Gasteiger partial charge in [0.15, 0.2) is 11.5 Å². The van der Waals surface area contributed by atoms with Gasteiger partial charge in [0.2, 0.25) is 0 Å². The molecule has 1 aliphatic rings. The molecule has 1 aliphatic heterocycles. The molecule has 3 rings (SSSR count). The lowest BCUT2D eigenvalue weighted by Crippen LogP contribution is -2.35. The zero-order valence-electron chi connectivity index (χ0n) is 15.7. The first-order valence-corrected chi connectivity index (χ1v) is 9.43. The van der Waals surface area contributed by atoms with Gasteiger partial charge in [-0.3, -0.25) is 19.3 Å². The highest BCUT2D eigenvalue weighted by atomic mass is 32.1. The molecular weight excluding hydrogens is 384 g/mol. The highest BCUT2D eigenvalue weighted by Crippen LogP contribution is 2.40. The van der Waals surface area contributed by atoms with Gasteiger partial charge in [-0.05, 0) is 24.6 Å². The van der Waals surface area contributed by atoms with E-state index in [1.54, 1.807) is 23.6 Å². The SMILES string of the molecule is CCOc1ccc(C(CC(=O)OC)N2C(=O)c3csc(N)c3C2=O)cc1OC. The second kappa shape index (κ2) is 7.89. The summed E-state index contributed by atoms with van der Waals surface area (Å²) in [6, 6.07) is 4.15. The van der Waals surface area contributed by atoms with Crippen molar-refractivity contribution < 1.29 is 28.6 Å². The molecule has 2 heterocycles. The number of nitrogen functional groups attached to an aromatic ring is 1. The maximum absolute atomic E-state index is 12.9. The maximum Gasteiger partial charge on any atom is 0.307 e. The third kappa shape index (κ3) is 3.29. The van der Waals surface area contributed by atoms with Crippen molar-refractivity contribution in [1.29, 1.82) is 0 Å². The largest absolute Gasteiger partial charge is 0.493 e. The Morgan fingerprint density at radius 2 is 1.96 bits per heavy atom. The van der Waals surface area contributed by atoms with Crippen molar-refractivity contribution in [2.75, 3.05) is 26.6 Å². The highest BCUT2D eigenvalue weighted by Gasteiger charge is 2.43. The number of fused-ring (bicyclic) bond motifs is 1. The van der Waals surface area contributed by atoms with Crippen molar-refractivity contribution in [3.05, 3.63) is 40.3 Å². The first-order chi connectivity index (χ1) is 13.4. The van der Waals surface area contributed by atoms with Crippen LogP contribution in [0.1, 0.15) is 45.7 Å². The molecule has 1 aromatic carbocycles. The second-order valence-corrected chi connectivity index (χ2v) is 6.92. The van der Waals surface area contributed by atoms with Crippen molar-refractivity contribution >= 4 is 34.1 Å². The number of amides is 2. The molecular formula is C19H20N2O6S. The Morgan fingerprint density at radius 3 is 2.57 bits per heavy atom. The van der Waals surface area contributed by atoms with Crippen molar-refractivity contribution in [3.63, 3.8) is 0 Å². The number of ether oxygens (including phenoxy) is 3. The van der Waals surface area contributed by atoms with E-state index >= 15 is 0 Å². The Labute approximate surface area is 165 Å². The fourth-order valence-corrected chi connectivity index (χ4v) is 3.92. The average molecular weight is 404 g/mol. The molecule has 1 aromatic heterocycles. The zero-order chi connectivity index (χ0) is 20.4. The predicted molar refractivity (Wildman–Crippen MR) is 103 cm³/mol. The Kier molecular flexibility index (Phi) is 5.55. The standard InChI is InChI=1S/C19H20N2O6S/c1-4-27-13-6-5-10(7-14(13)25-2)12(8-15(22)26-3)21-18(23)11-9-28-17(20)16(11)19(21)24/h5-7,9,12H,4,8,20H2,1-3H3. The summed E-state index contributed by atoms with van der Waals surface area (Å²) >= 11 is 1.14. The molecule has 2 aromatic rings. The van der Waals surface area contributed by atoms with E-state index in [9.17, 15) is 14.4 Å². The molecule has 28 heavy (non-hydrogen) atoms. The van der Waals surface area contributed by atoms with Crippen molar-refractivity contribution in [2.24, 2.45) is 0 Å². The van der Waals surface area contributed by atoms with E-state index in [0.717, 1.165) is 16.2 Å². The molecule has 0 spiro atoms. The first kappa shape index (κ1) is 19.7. The molecule has 2 amide bonds. The Bertz CT molecular complexity index is 939. The number of anilines is 1. The van der Waals surface area contributed by atoms with Gasteiger partial charge in [-0.25, -0.2) is 0 Å². The number of nitrogens with zero attached hydrogens (tertiary/aromatic N) is 1. The predicted octanol–water partition coefficient (Wildman–Crippen LogP) is 2.64. The summed E-state index contributed by atoms with van der Waals surface area (Å²) in [5.74, 6) is -0.620. The van der Waals surface area contributed by atoms with Crippen LogP contribution in [0.4, 0.5) is 5.00 Å². The summed E-state index contributed by atoms with van der Waals surface area (Å²) in [5, 5.41) is 1.83. The van der Waals surface area contributed by atoms with Gasteiger partial charge in [-0.1, -0.05) is 6.07 Å². The molecule has 1 atom stereocenters. The zero-order valence-corrected chi connectivity index (χ0v) is 16.5. The number of benzene rings is 1. The van der Waals surface area contributed by atoms with Crippen LogP contribution in [-0.2, 0) is 9.53 Å². The summed E-state index contributed by atoms with van der Waals surface area (Å²) in [4.78, 5) is 38.9. The van der Waals surface area contributed by atoms with E-state index in [-0.39, 0.29) is 22.5 Å². The van der Waals surface area contributed by atoms with Crippen molar-refractivity contribution in [3.8, 4) is 11.5 Å². The minimum absolute atomic E-state index is 0.183. The van der Waals surface area contributed by atoms with Crippen LogP contribution in [0.5, 0.6) is 11.5 Å². The van der Waals surface area contributed by atoms with E-state index in [1.165, 1.54) is 14.2 Å². The summed E-state index contributed by atoms with van der Waals surface area (Å²) in [7, 11) is 2.74. The third-order valence-electron chi connectivity index (χ3n) is 4.47. The monoisotopic (exact) mass is 404 g/mol. The van der Waals surface area contributed by atoms with E-state index in [4.69, 9.17) is 19.9 Å². The molecule has 9 heteroatoms. The van der Waals surface area contributed by atoms with Gasteiger partial charge in [-0.15, -0.1) is 11.3 Å². The fourth-order valence-electron chi connectivity index (χ4n) is 3.14. The van der Waals surface area contributed by atoms with Crippen LogP contribution in [0.15, 0.2) is 23.6 Å². The van der Waals surface area contributed by atoms with Crippen LogP contribution in [0.2, 0.25) is 0 Å². The van der Waals surface area contributed by atoms with Crippen LogP contribution in [0.3, 0.4) is 0 Å². The first-order valence-electron chi connectivity index (χ1n) is 8.55. The number of rotatable bonds is 7. The van der Waals surface area contributed by atoms with Crippen LogP contribution in [-0.4, -0.2) is 43.5 Å². The van der Waals surface area contributed by atoms with E-state index in [0.29, 0.717) is 23.7 Å². The summed E-state index contributed by atoms with van der Waals surface area (Å²) in [5.41, 5.74) is 6.84. The lowest BCUT2D eigenvalue weighted by atomic mass is 10.0. The van der Waals surface area contributed by atoms with Crippen molar-refractivity contribution in [1.82, 2.24) is 4.90 Å². The number of thiophene rings is 1. The van der Waals surface area contributed by atoms with Crippen LogP contribution < -0.4 is 15.2 Å². The molecule has 2 N–H and O–H groups in total. The number of carbonyl (C=O) groups is 3. The van der Waals surface area contributed by atoms with Gasteiger partial charge in [0.25, 0.3) is 11.8 Å². The van der Waals surface area contributed by atoms with Gasteiger partial charge in [0.1, 0.15) is 0 Å². The van der Waals surface area contributed by atoms with Crippen LogP contribution >= 0.6 is 11.3 Å². The molecule has 8 nitrogen and oxygen atoms in total. The topological polar surface area (TPSA) is 108 Å². The Balaban J connectivity index is 2.05. The van der Waals surface area contributed by atoms with E-state index in [2.05, 4.69) is 0 Å². The number of nitrogens with two attached hydrogens (primary N) is 1. The van der Waals surface area contributed by atoms with Gasteiger partial charge in [0.05, 0.1) is 49.4 Å². The Morgan fingerprint density at radius 1 is 1.21 bits per heavy atom. The van der Waals surface area contributed by atoms with Crippen molar-refractivity contribution in [2.45, 2.75) is 19.4 Å². The average Bonchev–Trinajstić information content (AvgIpc) is 3.19. The van der Waals surface area contributed by atoms with Crippen LogP contribution in [0, 0.1) is 0 Å². The number of esters is 1. The molecule has 0 aliphatic carbocycles. The molecule has 0 radical (unpaired) electrons. The molecule has 1 unspecified atom stereocenters. The minimum Gasteiger partial charge on any atom is -0.493 e. The Hall–Kier alpha value is -3.07. The van der Waals surface area contributed by atoms with Gasteiger partial charge in [-0.2, -0.15) is 0 Å². The molecule has 0 saturated carbocycles. The minimum atomic E-state index is -0.867. The molecule has 148 valence electrons. The van der Waals surface area contributed by atoms with Gasteiger partial charge < -0.3 is 19.9 Å². The fraction of sp³-hybridized carbons (Fsp3) is 0.316. The number of hydrogen-bond acceptors (Lipinski definition) is 8. The van der Waals surface area contributed by atoms with Gasteiger partial charge >= 0.3 is 5.97 Å². The lowest BCUT2D eigenvalue weighted by molar-refractivity contribution is -0.141.